The third-order valence-electron chi connectivity index (χ3n) is 7.26. The van der Waals surface area contributed by atoms with E-state index in [1.807, 2.05) is 89.2 Å². The molecule has 2 aliphatic heterocycles. The van der Waals surface area contributed by atoms with Gasteiger partial charge in [-0.15, -0.1) is 0 Å². The molecule has 0 aliphatic carbocycles. The van der Waals surface area contributed by atoms with E-state index in [9.17, 15) is 4.79 Å². The van der Waals surface area contributed by atoms with Gasteiger partial charge in [0, 0.05) is 48.7 Å². The van der Waals surface area contributed by atoms with Crippen molar-refractivity contribution in [2.75, 3.05) is 43.1 Å². The van der Waals surface area contributed by atoms with Crippen LogP contribution in [0.2, 0.25) is 0 Å². The highest BCUT2D eigenvalue weighted by Crippen LogP contribution is 2.31. The van der Waals surface area contributed by atoms with Gasteiger partial charge in [-0.1, -0.05) is 44.2 Å². The molecule has 2 aromatic carbocycles. The Morgan fingerprint density at radius 2 is 1.67 bits per heavy atom. The molecule has 0 spiro atoms. The summed E-state index contributed by atoms with van der Waals surface area (Å²) >= 11 is 0. The largest absolute Gasteiger partial charge is 0.473 e. The van der Waals surface area contributed by atoms with E-state index in [4.69, 9.17) is 24.2 Å². The van der Waals surface area contributed by atoms with Crippen LogP contribution >= 0.6 is 0 Å². The number of benzene rings is 2. The Hall–Kier alpha value is -4.77. The Morgan fingerprint density at radius 1 is 0.935 bits per heavy atom. The highest BCUT2D eigenvalue weighted by Gasteiger charge is 2.30. The number of hydrogen-bond acceptors (Lipinski definition) is 10. The molecule has 2 aromatic heterocycles. The van der Waals surface area contributed by atoms with Crippen LogP contribution in [0.3, 0.4) is 0 Å². The normalized spacial score (nSPS) is 14.5. The monoisotopic (exact) mass is 625 g/mol. The lowest BCUT2D eigenvalue weighted by atomic mass is 10.0. The highest BCUT2D eigenvalue weighted by atomic mass is 16.6. The first-order valence-corrected chi connectivity index (χ1v) is 15.9. The van der Waals surface area contributed by atoms with E-state index in [0.29, 0.717) is 57.0 Å². The molecule has 0 atom stereocenters. The fraction of sp³-hybridized carbons (Fsp3) is 0.400. The van der Waals surface area contributed by atoms with Crippen LogP contribution in [0.15, 0.2) is 66.9 Å². The molecule has 0 bridgehead atoms. The number of anilines is 3. The van der Waals surface area contributed by atoms with E-state index in [-0.39, 0.29) is 6.09 Å². The van der Waals surface area contributed by atoms with Crippen LogP contribution in [0, 0.1) is 0 Å². The Balaban J connectivity index is 0.00000204. The molecule has 4 aromatic rings. The van der Waals surface area contributed by atoms with Crippen LogP contribution in [0.5, 0.6) is 5.88 Å². The van der Waals surface area contributed by atoms with E-state index >= 15 is 0 Å². The highest BCUT2D eigenvalue weighted by molar-refractivity contribution is 5.70. The molecule has 1 amide bonds. The zero-order valence-corrected chi connectivity index (χ0v) is 27.3. The van der Waals surface area contributed by atoms with Crippen molar-refractivity contribution < 1.29 is 19.0 Å². The fourth-order valence-corrected chi connectivity index (χ4v) is 5.10. The number of carbonyl (C=O) groups is 1. The number of rotatable bonds is 7. The van der Waals surface area contributed by atoms with Gasteiger partial charge in [0.1, 0.15) is 18.0 Å². The maximum atomic E-state index is 12.9. The molecule has 2 aliphatic rings. The zero-order valence-electron chi connectivity index (χ0n) is 27.3. The second-order valence-electron chi connectivity index (χ2n) is 11.7. The molecule has 11 heteroatoms. The van der Waals surface area contributed by atoms with Gasteiger partial charge < -0.3 is 29.3 Å². The molecule has 242 valence electrons. The van der Waals surface area contributed by atoms with E-state index < -0.39 is 5.60 Å². The maximum absolute atomic E-state index is 12.9. The molecule has 11 nitrogen and oxygen atoms in total. The molecule has 0 unspecified atom stereocenters. The van der Waals surface area contributed by atoms with E-state index in [1.165, 1.54) is 0 Å². The molecule has 1 fully saturated rings. The van der Waals surface area contributed by atoms with Crippen molar-refractivity contribution in [1.29, 1.82) is 0 Å². The van der Waals surface area contributed by atoms with Crippen molar-refractivity contribution in [3.05, 3.63) is 83.7 Å². The van der Waals surface area contributed by atoms with Gasteiger partial charge in [0.05, 0.1) is 25.5 Å². The number of aromatic nitrogens is 4. The van der Waals surface area contributed by atoms with Gasteiger partial charge in [0.25, 0.3) is 0 Å². The van der Waals surface area contributed by atoms with Gasteiger partial charge in [0.2, 0.25) is 11.8 Å². The molecule has 4 heterocycles. The number of hydrogen-bond donors (Lipinski definition) is 1. The Bertz CT molecular complexity index is 1590. The SMILES string of the molecule is CC.CC(C)(C)OC(=O)N1CCc2c(nc(-c3ccc(Nc4nccc(OCc5ccccc5)n4)cc3)nc2N2CCOCC2)C1. The number of fused-ring (bicyclic) bond motifs is 1. The van der Waals surface area contributed by atoms with Gasteiger partial charge in [-0.05, 0) is 57.0 Å². The van der Waals surface area contributed by atoms with Crippen molar-refractivity contribution in [2.24, 2.45) is 0 Å². The number of nitrogens with zero attached hydrogens (tertiary/aromatic N) is 6. The quantitative estimate of drug-likeness (QED) is 0.247. The lowest BCUT2D eigenvalue weighted by Crippen LogP contribution is -2.42. The first kappa shape index (κ1) is 32.6. The van der Waals surface area contributed by atoms with Crippen LogP contribution in [0.4, 0.5) is 22.2 Å². The number of morpholine rings is 1. The minimum absolute atomic E-state index is 0.330. The van der Waals surface area contributed by atoms with Crippen molar-refractivity contribution in [2.45, 2.75) is 59.8 Å². The standard InChI is InChI=1S/C33H37N7O4.C2H6/c1-33(2,3)44-32(41)40-16-14-26-27(21-40)36-29(38-30(26)39-17-19-42-20-18-39)24-9-11-25(12-10-24)35-31-34-15-13-28(37-31)43-22-23-7-5-4-6-8-23;1-2/h4-13,15H,14,16-22H2,1-3H3,(H,34,35,37);1-2H3. The number of carbonyl (C=O) groups excluding carboxylic acids is 1. The van der Waals surface area contributed by atoms with E-state index in [0.717, 1.165) is 47.0 Å². The summed E-state index contributed by atoms with van der Waals surface area (Å²) in [5.41, 5.74) is 4.11. The summed E-state index contributed by atoms with van der Waals surface area (Å²) in [7, 11) is 0. The van der Waals surface area contributed by atoms with Crippen LogP contribution in [0.1, 0.15) is 51.4 Å². The predicted molar refractivity (Wildman–Crippen MR) is 178 cm³/mol. The third kappa shape index (κ3) is 8.48. The van der Waals surface area contributed by atoms with Crippen LogP contribution in [0.25, 0.3) is 11.4 Å². The molecule has 0 saturated carbocycles. The van der Waals surface area contributed by atoms with Crippen LogP contribution < -0.4 is 15.0 Å². The summed E-state index contributed by atoms with van der Waals surface area (Å²) in [6.45, 7) is 13.8. The van der Waals surface area contributed by atoms with Crippen molar-refractivity contribution >= 4 is 23.5 Å². The number of nitrogens with one attached hydrogen (secondary N) is 1. The lowest BCUT2D eigenvalue weighted by molar-refractivity contribution is 0.0220. The average Bonchev–Trinajstić information content (AvgIpc) is 3.08. The molecule has 0 radical (unpaired) electrons. The van der Waals surface area contributed by atoms with Crippen molar-refractivity contribution in [3.8, 4) is 17.3 Å². The second-order valence-corrected chi connectivity index (χ2v) is 11.7. The van der Waals surface area contributed by atoms with Gasteiger partial charge in [0.15, 0.2) is 5.82 Å². The summed E-state index contributed by atoms with van der Waals surface area (Å²) in [6, 6.07) is 19.5. The fourth-order valence-electron chi connectivity index (χ4n) is 5.10. The molecule has 1 saturated heterocycles. The maximum Gasteiger partial charge on any atom is 0.410 e. The lowest BCUT2D eigenvalue weighted by Gasteiger charge is -2.34. The minimum atomic E-state index is -0.565. The van der Waals surface area contributed by atoms with E-state index in [1.54, 1.807) is 17.2 Å². The molecule has 1 N–H and O–H groups in total. The van der Waals surface area contributed by atoms with Crippen LogP contribution in [-0.2, 0) is 29.0 Å². The van der Waals surface area contributed by atoms with E-state index in [2.05, 4.69) is 20.2 Å². The van der Waals surface area contributed by atoms with Crippen LogP contribution in [-0.4, -0.2) is 69.4 Å². The van der Waals surface area contributed by atoms with Crippen molar-refractivity contribution in [1.82, 2.24) is 24.8 Å². The van der Waals surface area contributed by atoms with Gasteiger partial charge in [-0.3, -0.25) is 0 Å². The Kier molecular flexibility index (Phi) is 10.6. The topological polar surface area (TPSA) is 115 Å². The second kappa shape index (κ2) is 15.0. The number of ether oxygens (including phenoxy) is 3. The van der Waals surface area contributed by atoms with Gasteiger partial charge in [-0.2, -0.15) is 4.98 Å². The predicted octanol–water partition coefficient (Wildman–Crippen LogP) is 6.41. The first-order chi connectivity index (χ1) is 22.3. The zero-order chi connectivity index (χ0) is 32.5. The smallest absolute Gasteiger partial charge is 0.410 e. The van der Waals surface area contributed by atoms with Crippen molar-refractivity contribution in [3.63, 3.8) is 0 Å². The average molecular weight is 626 g/mol. The number of amides is 1. The molecular formula is C35H43N7O4. The Morgan fingerprint density at radius 3 is 2.39 bits per heavy atom. The molecule has 6 rings (SSSR count). The molecular weight excluding hydrogens is 582 g/mol. The summed E-state index contributed by atoms with van der Waals surface area (Å²) in [5, 5.41) is 3.25. The summed E-state index contributed by atoms with van der Waals surface area (Å²) < 4.78 is 17.1. The van der Waals surface area contributed by atoms with Gasteiger partial charge >= 0.3 is 6.09 Å². The molecule has 46 heavy (non-hydrogen) atoms. The summed E-state index contributed by atoms with van der Waals surface area (Å²) in [4.78, 5) is 35.7. The summed E-state index contributed by atoms with van der Waals surface area (Å²) in [6.07, 6.45) is 2.00. The van der Waals surface area contributed by atoms with Gasteiger partial charge in [-0.25, -0.2) is 19.7 Å². The third-order valence-corrected chi connectivity index (χ3v) is 7.26. The minimum Gasteiger partial charge on any atom is -0.473 e. The first-order valence-electron chi connectivity index (χ1n) is 15.9. The summed E-state index contributed by atoms with van der Waals surface area (Å²) in [5.74, 6) is 2.45. The Labute approximate surface area is 271 Å².